The average molecular weight is 527 g/mol. The van der Waals surface area contributed by atoms with E-state index >= 15 is 0 Å². The second-order valence-electron chi connectivity index (χ2n) is 9.34. The number of aromatic amines is 1. The predicted octanol–water partition coefficient (Wildman–Crippen LogP) is 5.02. The molecule has 0 saturated carbocycles. The average Bonchev–Trinajstić information content (AvgIpc) is 3.61. The molecular weight excluding hydrogens is 500 g/mol. The third-order valence-electron chi connectivity index (χ3n) is 6.14. The van der Waals surface area contributed by atoms with Crippen molar-refractivity contribution in [3.63, 3.8) is 0 Å². The van der Waals surface area contributed by atoms with Gasteiger partial charge < -0.3 is 29.7 Å². The van der Waals surface area contributed by atoms with Crippen LogP contribution < -0.4 is 20.7 Å². The third kappa shape index (κ3) is 5.37. The summed E-state index contributed by atoms with van der Waals surface area (Å²) in [4.78, 5) is 38.4. The van der Waals surface area contributed by atoms with Gasteiger partial charge in [0.2, 0.25) is 5.58 Å². The Labute approximate surface area is 223 Å². The molecule has 3 heterocycles. The molecule has 0 fully saturated rings. The standard InChI is InChI=1S/C28H26N6O5/c1-28(2,17-10-5-4-6-11-17)31-27(37)39-22-16-20-23(38-22)24(33-32-20)30-25(35)18-12-7-8-13-19(18)29-26(36)21-14-9-15-34(21)3/h4-16H,1-3H3,(H,29,36)(H,31,37)(H2,30,32,33,35). The quantitative estimate of drug-likeness (QED) is 0.234. The van der Waals surface area contributed by atoms with Crippen molar-refractivity contribution in [2.24, 2.45) is 7.05 Å². The third-order valence-corrected chi connectivity index (χ3v) is 6.14. The molecular formula is C28H26N6O5. The molecule has 0 spiro atoms. The first-order valence-corrected chi connectivity index (χ1v) is 12.1. The number of nitrogens with one attached hydrogen (secondary N) is 4. The number of H-pyrrole nitrogens is 1. The summed E-state index contributed by atoms with van der Waals surface area (Å²) in [5, 5.41) is 15.1. The zero-order valence-corrected chi connectivity index (χ0v) is 21.4. The number of carbonyl (C=O) groups is 3. The summed E-state index contributed by atoms with van der Waals surface area (Å²) in [6.07, 6.45) is 1.05. The molecule has 3 aromatic heterocycles. The smallest absolute Gasteiger partial charge is 0.415 e. The molecule has 4 N–H and O–H groups in total. The fourth-order valence-corrected chi connectivity index (χ4v) is 4.08. The lowest BCUT2D eigenvalue weighted by molar-refractivity contribution is 0.101. The summed E-state index contributed by atoms with van der Waals surface area (Å²) in [5.41, 5.74) is 1.83. The van der Waals surface area contributed by atoms with Crippen molar-refractivity contribution in [1.82, 2.24) is 20.1 Å². The van der Waals surface area contributed by atoms with E-state index in [0.717, 1.165) is 5.56 Å². The van der Waals surface area contributed by atoms with Crippen LogP contribution in [0.25, 0.3) is 11.1 Å². The minimum absolute atomic E-state index is 0.0780. The number of rotatable bonds is 7. The number of para-hydroxylation sites is 1. The van der Waals surface area contributed by atoms with E-state index in [4.69, 9.17) is 9.15 Å². The summed E-state index contributed by atoms with van der Waals surface area (Å²) in [6, 6.07) is 21.0. The fraction of sp³-hybridized carbons (Fsp3) is 0.143. The van der Waals surface area contributed by atoms with E-state index in [1.165, 1.54) is 6.07 Å². The molecule has 39 heavy (non-hydrogen) atoms. The van der Waals surface area contributed by atoms with Crippen LogP contribution in [-0.4, -0.2) is 32.7 Å². The molecule has 0 bridgehead atoms. The van der Waals surface area contributed by atoms with Crippen molar-refractivity contribution in [3.05, 3.63) is 95.8 Å². The summed E-state index contributed by atoms with van der Waals surface area (Å²) in [5.74, 6) is -0.858. The van der Waals surface area contributed by atoms with Gasteiger partial charge in [-0.05, 0) is 43.7 Å². The minimum Gasteiger partial charge on any atom is -0.419 e. The molecule has 0 unspecified atom stereocenters. The number of furan rings is 1. The van der Waals surface area contributed by atoms with Crippen LogP contribution in [0.3, 0.4) is 0 Å². The Morgan fingerprint density at radius 2 is 1.69 bits per heavy atom. The van der Waals surface area contributed by atoms with Crippen LogP contribution in [0, 0.1) is 0 Å². The Balaban J connectivity index is 1.28. The number of amides is 3. The van der Waals surface area contributed by atoms with Gasteiger partial charge in [0.15, 0.2) is 5.82 Å². The van der Waals surface area contributed by atoms with Crippen LogP contribution in [-0.2, 0) is 12.6 Å². The zero-order chi connectivity index (χ0) is 27.6. The van der Waals surface area contributed by atoms with E-state index in [1.807, 2.05) is 44.2 Å². The summed E-state index contributed by atoms with van der Waals surface area (Å²) in [7, 11) is 1.76. The molecule has 11 heteroatoms. The largest absolute Gasteiger partial charge is 0.419 e. The number of nitrogens with zero attached hydrogens (tertiary/aromatic N) is 2. The van der Waals surface area contributed by atoms with Gasteiger partial charge >= 0.3 is 6.09 Å². The lowest BCUT2D eigenvalue weighted by atomic mass is 9.95. The van der Waals surface area contributed by atoms with Gasteiger partial charge in [0, 0.05) is 19.3 Å². The second-order valence-corrected chi connectivity index (χ2v) is 9.34. The van der Waals surface area contributed by atoms with E-state index in [1.54, 1.807) is 54.2 Å². The highest BCUT2D eigenvalue weighted by Crippen LogP contribution is 2.30. The normalized spacial score (nSPS) is 11.3. The van der Waals surface area contributed by atoms with Crippen molar-refractivity contribution >= 4 is 40.5 Å². The molecule has 2 aromatic carbocycles. The van der Waals surface area contributed by atoms with E-state index in [9.17, 15) is 14.4 Å². The number of carbonyl (C=O) groups excluding carboxylic acids is 3. The van der Waals surface area contributed by atoms with Crippen molar-refractivity contribution in [2.75, 3.05) is 10.6 Å². The lowest BCUT2D eigenvalue weighted by Crippen LogP contribution is -2.42. The number of hydrogen-bond acceptors (Lipinski definition) is 6. The van der Waals surface area contributed by atoms with Crippen LogP contribution >= 0.6 is 0 Å². The number of hydrogen-bond donors (Lipinski definition) is 4. The van der Waals surface area contributed by atoms with E-state index in [-0.39, 0.29) is 28.8 Å². The molecule has 0 atom stereocenters. The molecule has 198 valence electrons. The molecule has 0 aliphatic heterocycles. The minimum atomic E-state index is -0.707. The van der Waals surface area contributed by atoms with Crippen LogP contribution in [0.15, 0.2) is 83.4 Å². The highest BCUT2D eigenvalue weighted by Gasteiger charge is 2.25. The highest BCUT2D eigenvalue weighted by molar-refractivity contribution is 6.13. The topological polar surface area (TPSA) is 143 Å². The maximum absolute atomic E-state index is 13.1. The van der Waals surface area contributed by atoms with Crippen molar-refractivity contribution in [1.29, 1.82) is 0 Å². The van der Waals surface area contributed by atoms with Crippen molar-refractivity contribution in [3.8, 4) is 5.95 Å². The van der Waals surface area contributed by atoms with Gasteiger partial charge in [0.25, 0.3) is 17.8 Å². The molecule has 3 amide bonds. The highest BCUT2D eigenvalue weighted by atomic mass is 16.6. The first kappa shape index (κ1) is 25.3. The van der Waals surface area contributed by atoms with Gasteiger partial charge in [0.1, 0.15) is 11.2 Å². The van der Waals surface area contributed by atoms with Gasteiger partial charge in [-0.25, -0.2) is 4.79 Å². The summed E-state index contributed by atoms with van der Waals surface area (Å²) < 4.78 is 12.7. The van der Waals surface area contributed by atoms with E-state index in [2.05, 4.69) is 26.1 Å². The number of anilines is 2. The van der Waals surface area contributed by atoms with E-state index < -0.39 is 17.5 Å². The summed E-state index contributed by atoms with van der Waals surface area (Å²) >= 11 is 0. The predicted molar refractivity (Wildman–Crippen MR) is 145 cm³/mol. The Bertz CT molecular complexity index is 1660. The first-order valence-electron chi connectivity index (χ1n) is 12.1. The van der Waals surface area contributed by atoms with Gasteiger partial charge in [-0.1, -0.05) is 42.5 Å². The van der Waals surface area contributed by atoms with Crippen molar-refractivity contribution in [2.45, 2.75) is 19.4 Å². The molecule has 0 radical (unpaired) electrons. The number of ether oxygens (including phenoxy) is 1. The Morgan fingerprint density at radius 3 is 2.44 bits per heavy atom. The molecule has 5 aromatic rings. The van der Waals surface area contributed by atoms with Crippen LogP contribution in [0.1, 0.15) is 40.3 Å². The van der Waals surface area contributed by atoms with Crippen LogP contribution in [0.4, 0.5) is 16.3 Å². The number of aromatic nitrogens is 3. The van der Waals surface area contributed by atoms with Crippen molar-refractivity contribution < 1.29 is 23.5 Å². The molecule has 0 aliphatic rings. The monoisotopic (exact) mass is 526 g/mol. The zero-order valence-electron chi connectivity index (χ0n) is 21.4. The molecule has 5 rings (SSSR count). The Kier molecular flexibility index (Phi) is 6.63. The lowest BCUT2D eigenvalue weighted by Gasteiger charge is -2.25. The summed E-state index contributed by atoms with van der Waals surface area (Å²) in [6.45, 7) is 3.71. The van der Waals surface area contributed by atoms with Gasteiger partial charge in [0.05, 0.1) is 16.8 Å². The van der Waals surface area contributed by atoms with E-state index in [0.29, 0.717) is 16.9 Å². The molecule has 0 aliphatic carbocycles. The van der Waals surface area contributed by atoms with Gasteiger partial charge in [-0.3, -0.25) is 14.7 Å². The maximum Gasteiger partial charge on any atom is 0.415 e. The number of fused-ring (bicyclic) bond motifs is 1. The SMILES string of the molecule is Cn1cccc1C(=O)Nc1ccccc1C(=O)Nc1n[nH]c2cc(OC(=O)NC(C)(C)c3ccccc3)oc12. The second kappa shape index (κ2) is 10.2. The number of benzene rings is 2. The van der Waals surface area contributed by atoms with Gasteiger partial charge in [-0.15, -0.1) is 0 Å². The van der Waals surface area contributed by atoms with Crippen LogP contribution in [0.2, 0.25) is 0 Å². The molecule has 11 nitrogen and oxygen atoms in total. The fourth-order valence-electron chi connectivity index (χ4n) is 4.08. The number of aryl methyl sites for hydroxylation is 1. The molecule has 0 saturated heterocycles. The van der Waals surface area contributed by atoms with Gasteiger partial charge in [-0.2, -0.15) is 5.10 Å². The Morgan fingerprint density at radius 1 is 0.949 bits per heavy atom. The first-order chi connectivity index (χ1) is 18.7. The Hall–Kier alpha value is -5.32. The maximum atomic E-state index is 13.1. The van der Waals surface area contributed by atoms with Crippen LogP contribution in [0.5, 0.6) is 5.95 Å².